The van der Waals surface area contributed by atoms with E-state index in [2.05, 4.69) is 20.2 Å². The molecule has 2 aliphatic heterocycles. The van der Waals surface area contributed by atoms with Gasteiger partial charge in [-0.25, -0.2) is 14.8 Å². The molecule has 0 aliphatic carbocycles. The predicted molar refractivity (Wildman–Crippen MR) is 147 cm³/mol. The van der Waals surface area contributed by atoms with E-state index in [1.807, 2.05) is 44.1 Å². The van der Waals surface area contributed by atoms with Crippen LogP contribution in [0.5, 0.6) is 0 Å². The summed E-state index contributed by atoms with van der Waals surface area (Å²) in [5, 5.41) is 3.91. The summed E-state index contributed by atoms with van der Waals surface area (Å²) in [6.45, 7) is 7.83. The number of aromatic nitrogens is 3. The Morgan fingerprint density at radius 1 is 1.18 bits per heavy atom. The van der Waals surface area contributed by atoms with E-state index in [0.29, 0.717) is 22.5 Å². The van der Waals surface area contributed by atoms with E-state index in [-0.39, 0.29) is 17.0 Å². The van der Waals surface area contributed by atoms with Gasteiger partial charge in [0.15, 0.2) is 5.65 Å². The number of benzene rings is 1. The number of pyridine rings is 1. The van der Waals surface area contributed by atoms with Crippen molar-refractivity contribution in [1.29, 1.82) is 0 Å². The number of aryl methyl sites for hydroxylation is 2. The van der Waals surface area contributed by atoms with Crippen LogP contribution in [0.1, 0.15) is 35.7 Å². The highest BCUT2D eigenvalue weighted by molar-refractivity contribution is 5.90. The number of hydrogen-bond acceptors (Lipinski definition) is 9. The van der Waals surface area contributed by atoms with Crippen molar-refractivity contribution in [3.63, 3.8) is 0 Å². The van der Waals surface area contributed by atoms with Gasteiger partial charge in [0, 0.05) is 20.1 Å². The Hall–Kier alpha value is -4.14. The number of anilines is 1. The second-order valence-electron chi connectivity index (χ2n) is 9.86. The number of likely N-dealkylation sites (N-methyl/N-ethyl adjacent to an activating group) is 1. The molecule has 4 heterocycles. The molecule has 1 aromatic carbocycles. The zero-order chi connectivity index (χ0) is 27.0. The summed E-state index contributed by atoms with van der Waals surface area (Å²) < 4.78 is 1.14. The normalized spacial score (nSPS) is 17.7. The standard InChI is InChI=1S/C28H33N7O3/c1-17-8-7-9-18(2)24(17)20-14-21-25(29)31-26(32-27(21)35(38-4)28(20)37)19-15-23(33(3)22(19)16-36)30-10-13-34-11-5-6-12-34/h7-9,14-15,19,30H,5-6,10-13H2,1-4H3,(H2,29,31,32). The van der Waals surface area contributed by atoms with E-state index in [1.165, 1.54) is 20.0 Å². The van der Waals surface area contributed by atoms with Gasteiger partial charge >= 0.3 is 0 Å². The monoisotopic (exact) mass is 515 g/mol. The first-order valence-corrected chi connectivity index (χ1v) is 12.8. The highest BCUT2D eigenvalue weighted by Gasteiger charge is 2.32. The molecule has 0 amide bonds. The SMILES string of the molecule is COn1c(=O)c(-c2c(C)cccc2C)cc2c(N)nc(C3C=C(NCCN4CCCC4)N(C)C3=C=O)nc21. The molecule has 38 heavy (non-hydrogen) atoms. The molecule has 10 nitrogen and oxygen atoms in total. The van der Waals surface area contributed by atoms with Gasteiger partial charge in [-0.1, -0.05) is 18.2 Å². The van der Waals surface area contributed by atoms with E-state index in [1.54, 1.807) is 18.0 Å². The van der Waals surface area contributed by atoms with Crippen LogP contribution in [-0.2, 0) is 4.79 Å². The molecule has 0 radical (unpaired) electrons. The molecule has 2 aromatic heterocycles. The number of fused-ring (bicyclic) bond motifs is 1. The maximum Gasteiger partial charge on any atom is 0.292 e. The van der Waals surface area contributed by atoms with Crippen LogP contribution in [-0.4, -0.2) is 70.8 Å². The molecule has 198 valence electrons. The second kappa shape index (κ2) is 10.3. The molecule has 3 aromatic rings. The van der Waals surface area contributed by atoms with Crippen molar-refractivity contribution in [2.24, 2.45) is 0 Å². The third kappa shape index (κ3) is 4.42. The number of nitrogens with one attached hydrogen (secondary N) is 1. The van der Waals surface area contributed by atoms with Gasteiger partial charge in [-0.3, -0.25) is 4.79 Å². The van der Waals surface area contributed by atoms with Crippen molar-refractivity contribution in [3.8, 4) is 11.1 Å². The van der Waals surface area contributed by atoms with Crippen LogP contribution in [0, 0.1) is 13.8 Å². The van der Waals surface area contributed by atoms with Gasteiger partial charge in [-0.05, 0) is 68.6 Å². The zero-order valence-electron chi connectivity index (χ0n) is 22.2. The Morgan fingerprint density at radius 2 is 1.89 bits per heavy atom. The maximum atomic E-state index is 13.5. The molecular formula is C28H33N7O3. The molecule has 0 bridgehead atoms. The lowest BCUT2D eigenvalue weighted by Crippen LogP contribution is -2.33. The van der Waals surface area contributed by atoms with Crippen molar-refractivity contribution in [2.45, 2.75) is 32.6 Å². The topological polar surface area (TPSA) is 119 Å². The number of nitrogens with two attached hydrogens (primary N) is 1. The number of nitrogens with zero attached hydrogens (tertiary/aromatic N) is 5. The average Bonchev–Trinajstić information content (AvgIpc) is 3.52. The van der Waals surface area contributed by atoms with E-state index in [4.69, 9.17) is 10.6 Å². The molecule has 0 spiro atoms. The fourth-order valence-electron chi connectivity index (χ4n) is 5.47. The molecule has 1 fully saturated rings. The Kier molecular flexibility index (Phi) is 6.93. The van der Waals surface area contributed by atoms with E-state index in [9.17, 15) is 9.59 Å². The number of rotatable bonds is 7. The van der Waals surface area contributed by atoms with Gasteiger partial charge in [0.05, 0.1) is 16.9 Å². The zero-order valence-corrected chi connectivity index (χ0v) is 22.2. The molecular weight excluding hydrogens is 482 g/mol. The van der Waals surface area contributed by atoms with Crippen LogP contribution >= 0.6 is 0 Å². The molecule has 1 saturated heterocycles. The Labute approximate surface area is 221 Å². The summed E-state index contributed by atoms with van der Waals surface area (Å²) in [4.78, 5) is 44.5. The Bertz CT molecular complexity index is 1510. The second-order valence-corrected chi connectivity index (χ2v) is 9.86. The lowest BCUT2D eigenvalue weighted by molar-refractivity contribution is 0.168. The van der Waals surface area contributed by atoms with Crippen molar-refractivity contribution >= 4 is 22.8 Å². The minimum absolute atomic E-state index is 0.194. The van der Waals surface area contributed by atoms with E-state index < -0.39 is 5.92 Å². The smallest absolute Gasteiger partial charge is 0.292 e. The van der Waals surface area contributed by atoms with E-state index >= 15 is 0 Å². The minimum Gasteiger partial charge on any atom is -0.412 e. The quantitative estimate of drug-likeness (QED) is 0.455. The van der Waals surface area contributed by atoms with Gasteiger partial charge in [-0.15, -0.1) is 4.73 Å². The van der Waals surface area contributed by atoms with Crippen LogP contribution in [0.3, 0.4) is 0 Å². The van der Waals surface area contributed by atoms with Gasteiger partial charge in [0.25, 0.3) is 5.56 Å². The van der Waals surface area contributed by atoms with Crippen LogP contribution < -0.4 is 21.4 Å². The molecule has 2 aliphatic rings. The maximum absolute atomic E-state index is 13.5. The summed E-state index contributed by atoms with van der Waals surface area (Å²) in [5.41, 5.74) is 9.90. The van der Waals surface area contributed by atoms with E-state index in [0.717, 1.165) is 53.4 Å². The first-order chi connectivity index (χ1) is 18.3. The summed E-state index contributed by atoms with van der Waals surface area (Å²) in [5.74, 6) is 2.74. The molecule has 1 unspecified atom stereocenters. The highest BCUT2D eigenvalue weighted by Crippen LogP contribution is 2.35. The third-order valence-corrected chi connectivity index (χ3v) is 7.46. The number of nitrogen functional groups attached to an aromatic ring is 1. The van der Waals surface area contributed by atoms with Crippen molar-refractivity contribution in [3.05, 3.63) is 69.2 Å². The summed E-state index contributed by atoms with van der Waals surface area (Å²) in [7, 11) is 3.22. The van der Waals surface area contributed by atoms with Crippen LogP contribution in [0.15, 0.2) is 46.7 Å². The van der Waals surface area contributed by atoms with Crippen LogP contribution in [0.25, 0.3) is 22.2 Å². The minimum atomic E-state index is -0.572. The third-order valence-electron chi connectivity index (χ3n) is 7.46. The summed E-state index contributed by atoms with van der Waals surface area (Å²) in [6, 6.07) is 7.59. The molecule has 3 N–H and O–H groups in total. The summed E-state index contributed by atoms with van der Waals surface area (Å²) in [6.07, 6.45) is 4.37. The van der Waals surface area contributed by atoms with Gasteiger partial charge in [0.2, 0.25) is 0 Å². The number of carbonyl (C=O) groups excluding carboxylic acids is 1. The molecule has 1 atom stereocenters. The Balaban J connectivity index is 1.55. The molecule has 10 heteroatoms. The fraction of sp³-hybridized carbons (Fsp3) is 0.393. The fourth-order valence-corrected chi connectivity index (χ4v) is 5.47. The van der Waals surface area contributed by atoms with Crippen molar-refractivity contribution in [1.82, 2.24) is 29.8 Å². The van der Waals surface area contributed by atoms with Gasteiger partial charge in [0.1, 0.15) is 36.2 Å². The summed E-state index contributed by atoms with van der Waals surface area (Å²) >= 11 is 0. The van der Waals surface area contributed by atoms with Gasteiger partial charge in [-0.2, -0.15) is 0 Å². The number of hydrogen-bond donors (Lipinski definition) is 2. The van der Waals surface area contributed by atoms with Crippen molar-refractivity contribution in [2.75, 3.05) is 46.1 Å². The number of likely N-dealkylation sites (tertiary alicyclic amines) is 1. The first-order valence-electron chi connectivity index (χ1n) is 12.8. The first kappa shape index (κ1) is 25.5. The largest absolute Gasteiger partial charge is 0.412 e. The van der Waals surface area contributed by atoms with Crippen molar-refractivity contribution < 1.29 is 9.63 Å². The average molecular weight is 516 g/mol. The van der Waals surface area contributed by atoms with Crippen LogP contribution in [0.2, 0.25) is 0 Å². The lowest BCUT2D eigenvalue weighted by atomic mass is 9.96. The predicted octanol–water partition coefficient (Wildman–Crippen LogP) is 1.99. The lowest BCUT2D eigenvalue weighted by Gasteiger charge is -2.21. The Morgan fingerprint density at radius 3 is 2.55 bits per heavy atom. The highest BCUT2D eigenvalue weighted by atomic mass is 16.6. The molecule has 0 saturated carbocycles. The van der Waals surface area contributed by atoms with Crippen LogP contribution in [0.4, 0.5) is 5.82 Å². The van der Waals surface area contributed by atoms with Gasteiger partial charge < -0.3 is 25.7 Å². The molecule has 5 rings (SSSR count). The number of allylic oxidation sites excluding steroid dienone is 1.